The molecule has 0 spiro atoms. The Bertz CT molecular complexity index is 1120. The van der Waals surface area contributed by atoms with E-state index in [2.05, 4.69) is 25.5 Å². The van der Waals surface area contributed by atoms with Crippen molar-refractivity contribution in [3.8, 4) is 22.9 Å². The Morgan fingerprint density at radius 1 is 1.09 bits per heavy atom. The second-order valence-electron chi connectivity index (χ2n) is 6.78. The Balaban J connectivity index is 1.77. The second kappa shape index (κ2) is 9.96. The molecule has 170 valence electrons. The largest absolute Gasteiger partial charge is 0.497 e. The number of nitrogens with one attached hydrogen (secondary N) is 3. The molecule has 2 aromatic heterocycles. The molecule has 0 aliphatic rings. The van der Waals surface area contributed by atoms with Crippen LogP contribution in [-0.4, -0.2) is 66.6 Å². The molecule has 1 amide bonds. The van der Waals surface area contributed by atoms with Crippen molar-refractivity contribution in [2.75, 3.05) is 39.9 Å². The van der Waals surface area contributed by atoms with Crippen LogP contribution in [0, 0.1) is 13.8 Å². The molecule has 1 aromatic carbocycles. The Labute approximate surface area is 184 Å². The normalized spacial score (nSPS) is 10.7. The van der Waals surface area contributed by atoms with Crippen molar-refractivity contribution in [2.24, 2.45) is 0 Å². The van der Waals surface area contributed by atoms with Crippen molar-refractivity contribution in [3.05, 3.63) is 40.7 Å². The minimum atomic E-state index is -0.529. The molecule has 11 heteroatoms. The van der Waals surface area contributed by atoms with Gasteiger partial charge in [-0.05, 0) is 31.5 Å². The van der Waals surface area contributed by atoms with E-state index >= 15 is 0 Å². The van der Waals surface area contributed by atoms with Crippen LogP contribution in [0.4, 0.5) is 5.95 Å². The van der Waals surface area contributed by atoms with Gasteiger partial charge in [-0.15, -0.1) is 5.10 Å². The summed E-state index contributed by atoms with van der Waals surface area (Å²) in [6.45, 7) is 3.76. The number of esters is 1. The molecule has 0 saturated carbocycles. The number of carbonyl (C=O) groups is 2. The van der Waals surface area contributed by atoms with E-state index in [1.165, 1.54) is 14.2 Å². The number of hydrogen-bond acceptors (Lipinski definition) is 8. The van der Waals surface area contributed by atoms with Crippen molar-refractivity contribution in [2.45, 2.75) is 13.8 Å². The number of methoxy groups -OCH3 is 3. The van der Waals surface area contributed by atoms with Crippen LogP contribution in [0.3, 0.4) is 0 Å². The molecular formula is C21H25N5O6. The summed E-state index contributed by atoms with van der Waals surface area (Å²) < 4.78 is 20.6. The van der Waals surface area contributed by atoms with Gasteiger partial charge in [-0.3, -0.25) is 15.2 Å². The number of aromatic nitrogens is 4. The summed E-state index contributed by atoms with van der Waals surface area (Å²) in [5.74, 6) is 0.617. The second-order valence-corrected chi connectivity index (χ2v) is 6.78. The fraction of sp³-hybridized carbons (Fsp3) is 0.333. The van der Waals surface area contributed by atoms with Crippen LogP contribution in [0.25, 0.3) is 11.4 Å². The van der Waals surface area contributed by atoms with Crippen LogP contribution < -0.4 is 14.8 Å². The van der Waals surface area contributed by atoms with E-state index in [1.807, 2.05) is 0 Å². The maximum Gasteiger partial charge on any atom is 0.340 e. The quantitative estimate of drug-likeness (QED) is 0.338. The minimum Gasteiger partial charge on any atom is -0.497 e. The van der Waals surface area contributed by atoms with Crippen molar-refractivity contribution in [1.29, 1.82) is 0 Å². The highest BCUT2D eigenvalue weighted by atomic mass is 16.6. The maximum atomic E-state index is 12.8. The highest BCUT2D eigenvalue weighted by Crippen LogP contribution is 2.31. The third-order valence-electron chi connectivity index (χ3n) is 4.76. The zero-order valence-corrected chi connectivity index (χ0v) is 18.5. The van der Waals surface area contributed by atoms with Gasteiger partial charge in [0.1, 0.15) is 23.8 Å². The summed E-state index contributed by atoms with van der Waals surface area (Å²) in [4.78, 5) is 32.4. The molecule has 0 aliphatic carbocycles. The van der Waals surface area contributed by atoms with Crippen LogP contribution in [0.5, 0.6) is 11.5 Å². The maximum absolute atomic E-state index is 12.8. The summed E-state index contributed by atoms with van der Waals surface area (Å²) in [5.41, 5.74) is 2.16. The van der Waals surface area contributed by atoms with Gasteiger partial charge >= 0.3 is 5.97 Å². The number of H-pyrrole nitrogens is 2. The van der Waals surface area contributed by atoms with E-state index < -0.39 is 11.9 Å². The van der Waals surface area contributed by atoms with Gasteiger partial charge in [-0.25, -0.2) is 4.79 Å². The average molecular weight is 443 g/mol. The van der Waals surface area contributed by atoms with E-state index in [1.54, 1.807) is 39.2 Å². The zero-order valence-electron chi connectivity index (χ0n) is 18.5. The average Bonchev–Trinajstić information content (AvgIpc) is 3.36. The van der Waals surface area contributed by atoms with Crippen molar-refractivity contribution < 1.29 is 28.5 Å². The molecule has 0 radical (unpaired) electrons. The first-order chi connectivity index (χ1) is 15.4. The lowest BCUT2D eigenvalue weighted by atomic mass is 10.1. The van der Waals surface area contributed by atoms with Crippen LogP contribution in [-0.2, 0) is 9.47 Å². The van der Waals surface area contributed by atoms with Gasteiger partial charge in [0, 0.05) is 18.9 Å². The van der Waals surface area contributed by atoms with Gasteiger partial charge in [0.2, 0.25) is 5.95 Å². The Morgan fingerprint density at radius 2 is 1.88 bits per heavy atom. The number of anilines is 1. The number of nitrogens with zero attached hydrogens (tertiary/aromatic N) is 2. The number of aryl methyl sites for hydroxylation is 1. The number of amides is 1. The van der Waals surface area contributed by atoms with Crippen molar-refractivity contribution in [1.82, 2.24) is 20.2 Å². The third kappa shape index (κ3) is 4.72. The summed E-state index contributed by atoms with van der Waals surface area (Å²) in [5, 5.41) is 9.44. The van der Waals surface area contributed by atoms with Crippen LogP contribution >= 0.6 is 0 Å². The molecule has 0 fully saturated rings. The summed E-state index contributed by atoms with van der Waals surface area (Å²) >= 11 is 0. The Morgan fingerprint density at radius 3 is 2.56 bits per heavy atom. The van der Waals surface area contributed by atoms with Gasteiger partial charge < -0.3 is 23.9 Å². The first-order valence-electron chi connectivity index (χ1n) is 9.71. The van der Waals surface area contributed by atoms with E-state index in [9.17, 15) is 9.59 Å². The van der Waals surface area contributed by atoms with Gasteiger partial charge in [0.05, 0.1) is 32.0 Å². The van der Waals surface area contributed by atoms with Gasteiger partial charge in [0.25, 0.3) is 5.91 Å². The molecule has 0 atom stereocenters. The SMILES string of the molecule is COCCOC(=O)c1c(C)[nH]c(C(=O)Nc2n[nH]c(-c3ccc(OC)cc3OC)n2)c1C. The summed E-state index contributed by atoms with van der Waals surface area (Å²) in [6.07, 6.45) is 0. The summed E-state index contributed by atoms with van der Waals surface area (Å²) in [7, 11) is 4.61. The predicted octanol–water partition coefficient (Wildman–Crippen LogP) is 2.49. The Kier molecular flexibility index (Phi) is 7.11. The van der Waals surface area contributed by atoms with Gasteiger partial charge in [-0.1, -0.05) is 0 Å². The standard InChI is InChI=1S/C21H25N5O6/c1-11-16(20(28)32-9-8-29-3)12(2)22-17(11)19(27)24-21-23-18(25-26-21)14-7-6-13(30-4)10-15(14)31-5/h6-7,10,22H,8-9H2,1-5H3,(H2,23,24,25,26,27). The minimum absolute atomic E-state index is 0.0683. The number of ether oxygens (including phenoxy) is 4. The summed E-state index contributed by atoms with van der Waals surface area (Å²) in [6, 6.07) is 5.25. The lowest BCUT2D eigenvalue weighted by molar-refractivity contribution is 0.0386. The van der Waals surface area contributed by atoms with E-state index in [0.717, 1.165) is 0 Å². The molecule has 3 N–H and O–H groups in total. The zero-order chi connectivity index (χ0) is 23.3. The van der Waals surface area contributed by atoms with E-state index in [-0.39, 0.29) is 24.9 Å². The lowest BCUT2D eigenvalue weighted by Gasteiger charge is -2.07. The number of benzene rings is 1. The molecule has 0 aliphatic heterocycles. The molecule has 11 nitrogen and oxygen atoms in total. The van der Waals surface area contributed by atoms with Crippen molar-refractivity contribution in [3.63, 3.8) is 0 Å². The monoisotopic (exact) mass is 443 g/mol. The molecular weight excluding hydrogens is 418 g/mol. The lowest BCUT2D eigenvalue weighted by Crippen LogP contribution is -2.15. The van der Waals surface area contributed by atoms with Gasteiger partial charge in [0.15, 0.2) is 5.82 Å². The fourth-order valence-electron chi connectivity index (χ4n) is 3.17. The van der Waals surface area contributed by atoms with E-state index in [0.29, 0.717) is 39.7 Å². The topological polar surface area (TPSA) is 140 Å². The van der Waals surface area contributed by atoms with Crippen LogP contribution in [0.1, 0.15) is 32.1 Å². The molecule has 3 aromatic rings. The first-order valence-corrected chi connectivity index (χ1v) is 9.71. The third-order valence-corrected chi connectivity index (χ3v) is 4.76. The van der Waals surface area contributed by atoms with Gasteiger partial charge in [-0.2, -0.15) is 4.98 Å². The van der Waals surface area contributed by atoms with E-state index in [4.69, 9.17) is 18.9 Å². The number of carbonyl (C=O) groups excluding carboxylic acids is 2. The molecule has 32 heavy (non-hydrogen) atoms. The number of aromatic amines is 2. The van der Waals surface area contributed by atoms with Crippen LogP contribution in [0.15, 0.2) is 18.2 Å². The van der Waals surface area contributed by atoms with Crippen LogP contribution in [0.2, 0.25) is 0 Å². The number of rotatable bonds is 9. The predicted molar refractivity (Wildman–Crippen MR) is 115 cm³/mol. The van der Waals surface area contributed by atoms with Crippen molar-refractivity contribution >= 4 is 17.8 Å². The molecule has 0 bridgehead atoms. The molecule has 3 rings (SSSR count). The molecule has 0 saturated heterocycles. The Hall–Kier alpha value is -3.86. The molecule has 0 unspecified atom stereocenters. The first kappa shape index (κ1) is 22.8. The smallest absolute Gasteiger partial charge is 0.340 e. The molecule has 2 heterocycles. The highest BCUT2D eigenvalue weighted by molar-refractivity contribution is 6.06. The fourth-order valence-corrected chi connectivity index (χ4v) is 3.17. The highest BCUT2D eigenvalue weighted by Gasteiger charge is 2.24. The number of hydrogen-bond donors (Lipinski definition) is 3.